The van der Waals surface area contributed by atoms with Crippen molar-refractivity contribution in [3.63, 3.8) is 0 Å². The molecule has 1 amide bonds. The SMILES string of the molecule is CC(C)CN(C)C(=O)Cc1coc(-c2ccccc2)n1. The summed E-state index contributed by atoms with van der Waals surface area (Å²) in [5.74, 6) is 1.08. The molecule has 0 radical (unpaired) electrons. The number of carbonyl (C=O) groups is 1. The van der Waals surface area contributed by atoms with E-state index in [1.807, 2.05) is 37.4 Å². The molecule has 0 N–H and O–H groups in total. The summed E-state index contributed by atoms with van der Waals surface area (Å²) >= 11 is 0. The third kappa shape index (κ3) is 3.70. The minimum Gasteiger partial charge on any atom is -0.444 e. The molecule has 1 aromatic heterocycles. The van der Waals surface area contributed by atoms with Crippen LogP contribution in [0.5, 0.6) is 0 Å². The number of oxazole rings is 1. The quantitative estimate of drug-likeness (QED) is 0.840. The van der Waals surface area contributed by atoms with E-state index in [9.17, 15) is 4.79 Å². The van der Waals surface area contributed by atoms with Gasteiger partial charge in [0, 0.05) is 19.2 Å². The zero-order valence-corrected chi connectivity index (χ0v) is 12.2. The van der Waals surface area contributed by atoms with Crippen LogP contribution in [0.4, 0.5) is 0 Å². The molecule has 4 nitrogen and oxygen atoms in total. The zero-order chi connectivity index (χ0) is 14.5. The van der Waals surface area contributed by atoms with Gasteiger partial charge in [0.25, 0.3) is 0 Å². The monoisotopic (exact) mass is 272 g/mol. The molecule has 0 spiro atoms. The molecule has 2 rings (SSSR count). The predicted octanol–water partition coefficient (Wildman–Crippen LogP) is 3.00. The van der Waals surface area contributed by atoms with Crippen molar-refractivity contribution in [3.8, 4) is 11.5 Å². The predicted molar refractivity (Wildman–Crippen MR) is 78.1 cm³/mol. The third-order valence-electron chi connectivity index (χ3n) is 2.97. The van der Waals surface area contributed by atoms with Gasteiger partial charge in [0.2, 0.25) is 11.8 Å². The maximum absolute atomic E-state index is 12.0. The van der Waals surface area contributed by atoms with Crippen LogP contribution in [0.25, 0.3) is 11.5 Å². The molecule has 0 aliphatic rings. The summed E-state index contributed by atoms with van der Waals surface area (Å²) in [5, 5.41) is 0. The van der Waals surface area contributed by atoms with Crippen LogP contribution in [-0.4, -0.2) is 29.4 Å². The minimum absolute atomic E-state index is 0.0617. The second-order valence-electron chi connectivity index (χ2n) is 5.35. The largest absolute Gasteiger partial charge is 0.444 e. The Hall–Kier alpha value is -2.10. The van der Waals surface area contributed by atoms with Crippen molar-refractivity contribution in [2.24, 2.45) is 5.92 Å². The van der Waals surface area contributed by atoms with Crippen LogP contribution < -0.4 is 0 Å². The smallest absolute Gasteiger partial charge is 0.228 e. The van der Waals surface area contributed by atoms with Gasteiger partial charge in [0.1, 0.15) is 6.26 Å². The fraction of sp³-hybridized carbons (Fsp3) is 0.375. The molecule has 0 unspecified atom stereocenters. The fourth-order valence-corrected chi connectivity index (χ4v) is 2.04. The van der Waals surface area contributed by atoms with E-state index < -0.39 is 0 Å². The van der Waals surface area contributed by atoms with Crippen molar-refractivity contribution < 1.29 is 9.21 Å². The van der Waals surface area contributed by atoms with Gasteiger partial charge in [-0.3, -0.25) is 4.79 Å². The molecule has 20 heavy (non-hydrogen) atoms. The summed E-state index contributed by atoms with van der Waals surface area (Å²) in [7, 11) is 1.82. The topological polar surface area (TPSA) is 46.3 Å². The number of nitrogens with zero attached hydrogens (tertiary/aromatic N) is 2. The number of hydrogen-bond donors (Lipinski definition) is 0. The molecule has 4 heteroatoms. The van der Waals surface area contributed by atoms with Crippen molar-refractivity contribution in [1.29, 1.82) is 0 Å². The van der Waals surface area contributed by atoms with Crippen molar-refractivity contribution in [2.45, 2.75) is 20.3 Å². The highest BCUT2D eigenvalue weighted by Crippen LogP contribution is 2.18. The van der Waals surface area contributed by atoms with Crippen LogP contribution in [0, 0.1) is 5.92 Å². The van der Waals surface area contributed by atoms with Gasteiger partial charge in [-0.2, -0.15) is 0 Å². The van der Waals surface area contributed by atoms with Crippen LogP contribution in [0.1, 0.15) is 19.5 Å². The molecular weight excluding hydrogens is 252 g/mol. The number of likely N-dealkylation sites (N-methyl/N-ethyl adjacent to an activating group) is 1. The van der Waals surface area contributed by atoms with Crippen LogP contribution in [0.15, 0.2) is 41.0 Å². The molecule has 2 aromatic rings. The molecule has 0 saturated heterocycles. The van der Waals surface area contributed by atoms with Gasteiger partial charge < -0.3 is 9.32 Å². The zero-order valence-electron chi connectivity index (χ0n) is 12.2. The maximum atomic E-state index is 12.0. The third-order valence-corrected chi connectivity index (χ3v) is 2.97. The Morgan fingerprint density at radius 1 is 1.30 bits per heavy atom. The Bertz CT molecular complexity index is 561. The summed E-state index contributed by atoms with van der Waals surface area (Å²) in [6.45, 7) is 4.93. The number of carbonyl (C=O) groups excluding carboxylic acids is 1. The number of hydrogen-bond acceptors (Lipinski definition) is 3. The van der Waals surface area contributed by atoms with E-state index in [4.69, 9.17) is 4.42 Å². The average molecular weight is 272 g/mol. The Balaban J connectivity index is 2.01. The lowest BCUT2D eigenvalue weighted by Gasteiger charge is -2.18. The maximum Gasteiger partial charge on any atom is 0.228 e. The van der Waals surface area contributed by atoms with Crippen molar-refractivity contribution in [2.75, 3.05) is 13.6 Å². The van der Waals surface area contributed by atoms with E-state index in [1.54, 1.807) is 11.2 Å². The van der Waals surface area contributed by atoms with Crippen LogP contribution >= 0.6 is 0 Å². The Morgan fingerprint density at radius 2 is 2.00 bits per heavy atom. The number of benzene rings is 1. The summed E-state index contributed by atoms with van der Waals surface area (Å²) < 4.78 is 5.43. The summed E-state index contributed by atoms with van der Waals surface area (Å²) in [6.07, 6.45) is 1.84. The standard InChI is InChI=1S/C16H20N2O2/c1-12(2)10-18(3)15(19)9-14-11-20-16(17-14)13-7-5-4-6-8-13/h4-8,11-12H,9-10H2,1-3H3. The van der Waals surface area contributed by atoms with E-state index in [1.165, 1.54) is 0 Å². The second kappa shape index (κ2) is 6.37. The van der Waals surface area contributed by atoms with Gasteiger partial charge in [0.15, 0.2) is 0 Å². The summed E-state index contributed by atoms with van der Waals surface area (Å²) in [4.78, 5) is 18.1. The van der Waals surface area contributed by atoms with Gasteiger partial charge >= 0.3 is 0 Å². The summed E-state index contributed by atoms with van der Waals surface area (Å²) in [5.41, 5.74) is 1.59. The van der Waals surface area contributed by atoms with E-state index in [0.717, 1.165) is 12.1 Å². The lowest BCUT2D eigenvalue weighted by atomic mass is 10.2. The first kappa shape index (κ1) is 14.3. The van der Waals surface area contributed by atoms with E-state index >= 15 is 0 Å². The Kier molecular flexibility index (Phi) is 4.56. The molecular formula is C16H20N2O2. The van der Waals surface area contributed by atoms with E-state index in [2.05, 4.69) is 18.8 Å². The number of rotatable bonds is 5. The first-order valence-corrected chi connectivity index (χ1v) is 6.80. The lowest BCUT2D eigenvalue weighted by Crippen LogP contribution is -2.31. The molecule has 1 heterocycles. The highest BCUT2D eigenvalue weighted by Gasteiger charge is 2.14. The molecule has 0 fully saturated rings. The summed E-state index contributed by atoms with van der Waals surface area (Å²) in [6, 6.07) is 9.67. The average Bonchev–Trinajstić information content (AvgIpc) is 2.87. The van der Waals surface area contributed by atoms with Crippen LogP contribution in [-0.2, 0) is 11.2 Å². The Morgan fingerprint density at radius 3 is 2.65 bits per heavy atom. The number of amides is 1. The molecule has 1 aromatic carbocycles. The van der Waals surface area contributed by atoms with Crippen LogP contribution in [0.2, 0.25) is 0 Å². The van der Waals surface area contributed by atoms with Gasteiger partial charge in [0.05, 0.1) is 12.1 Å². The minimum atomic E-state index is 0.0617. The molecule has 0 atom stereocenters. The molecule has 0 aliphatic carbocycles. The Labute approximate surface area is 119 Å². The number of aromatic nitrogens is 1. The normalized spacial score (nSPS) is 10.8. The lowest BCUT2D eigenvalue weighted by molar-refractivity contribution is -0.129. The first-order valence-electron chi connectivity index (χ1n) is 6.80. The fourth-order valence-electron chi connectivity index (χ4n) is 2.04. The molecule has 0 aliphatic heterocycles. The van der Waals surface area contributed by atoms with Crippen molar-refractivity contribution >= 4 is 5.91 Å². The highest BCUT2D eigenvalue weighted by molar-refractivity contribution is 5.78. The van der Waals surface area contributed by atoms with Gasteiger partial charge in [-0.25, -0.2) is 4.98 Å². The van der Waals surface area contributed by atoms with Gasteiger partial charge in [-0.15, -0.1) is 0 Å². The van der Waals surface area contributed by atoms with Gasteiger partial charge in [-0.1, -0.05) is 32.0 Å². The molecule has 0 bridgehead atoms. The first-order chi connectivity index (χ1) is 9.56. The van der Waals surface area contributed by atoms with E-state index in [-0.39, 0.29) is 12.3 Å². The van der Waals surface area contributed by atoms with Crippen molar-refractivity contribution in [1.82, 2.24) is 9.88 Å². The van der Waals surface area contributed by atoms with Crippen molar-refractivity contribution in [3.05, 3.63) is 42.3 Å². The van der Waals surface area contributed by atoms with Crippen LogP contribution in [0.3, 0.4) is 0 Å². The molecule has 106 valence electrons. The molecule has 0 saturated carbocycles. The highest BCUT2D eigenvalue weighted by atomic mass is 16.3. The second-order valence-corrected chi connectivity index (χ2v) is 5.35. The van der Waals surface area contributed by atoms with E-state index in [0.29, 0.717) is 17.5 Å². The van der Waals surface area contributed by atoms with Gasteiger partial charge in [-0.05, 0) is 18.1 Å².